The summed E-state index contributed by atoms with van der Waals surface area (Å²) in [6.45, 7) is 1.01. The van der Waals surface area contributed by atoms with Crippen molar-refractivity contribution in [1.82, 2.24) is 9.55 Å². The number of aliphatic hydroxyl groups is 1. The number of nitrogens with one attached hydrogen (secondary N) is 1. The van der Waals surface area contributed by atoms with Crippen LogP contribution in [0.5, 0.6) is 0 Å². The molecule has 2 heterocycles. The number of hydrogen-bond acceptors (Lipinski definition) is 6. The highest BCUT2D eigenvalue weighted by Gasteiger charge is 2.62. The second-order valence-electron chi connectivity index (χ2n) is 9.11. The third kappa shape index (κ3) is 4.63. The standard InChI is InChI=1S/C26H24ClF3N4O3/c1-33-22-14-20(31-9-11-35)19(27)13-17(22)23(32-24(33)36)34-10-12-37-15-18-16(3-2-4-21(18)34)5-6-25(7-8-25)26(28,29)30/h2-4,13-14,31,35H,7-12,15H2,1H3. The van der Waals surface area contributed by atoms with E-state index >= 15 is 0 Å². The van der Waals surface area contributed by atoms with Gasteiger partial charge in [0.1, 0.15) is 11.2 Å². The van der Waals surface area contributed by atoms with E-state index in [4.69, 9.17) is 21.4 Å². The molecule has 37 heavy (non-hydrogen) atoms. The van der Waals surface area contributed by atoms with E-state index in [0.29, 0.717) is 57.4 Å². The van der Waals surface area contributed by atoms with Gasteiger partial charge in [-0.3, -0.25) is 4.57 Å². The van der Waals surface area contributed by atoms with Crippen molar-refractivity contribution in [2.24, 2.45) is 12.5 Å². The normalized spacial score (nSPS) is 16.5. The van der Waals surface area contributed by atoms with E-state index in [2.05, 4.69) is 22.1 Å². The van der Waals surface area contributed by atoms with Gasteiger partial charge >= 0.3 is 11.9 Å². The van der Waals surface area contributed by atoms with E-state index in [1.54, 1.807) is 31.3 Å². The molecule has 0 saturated heterocycles. The Morgan fingerprint density at radius 2 is 2.08 bits per heavy atom. The van der Waals surface area contributed by atoms with Crippen LogP contribution in [-0.4, -0.2) is 47.1 Å². The Balaban J connectivity index is 1.64. The highest BCUT2D eigenvalue weighted by Crippen LogP contribution is 2.57. The number of hydrogen-bond donors (Lipinski definition) is 2. The second kappa shape index (κ2) is 9.56. The minimum Gasteiger partial charge on any atom is -0.395 e. The molecular formula is C26H24ClF3N4O3. The van der Waals surface area contributed by atoms with E-state index in [9.17, 15) is 18.0 Å². The predicted molar refractivity (Wildman–Crippen MR) is 135 cm³/mol. The summed E-state index contributed by atoms with van der Waals surface area (Å²) in [7, 11) is 1.60. The number of anilines is 3. The topological polar surface area (TPSA) is 79.6 Å². The summed E-state index contributed by atoms with van der Waals surface area (Å²) in [6, 6.07) is 8.64. The van der Waals surface area contributed by atoms with Crippen LogP contribution >= 0.6 is 11.6 Å². The van der Waals surface area contributed by atoms with Crippen molar-refractivity contribution in [3.05, 3.63) is 57.0 Å². The SMILES string of the molecule is Cn1c(=O)nc(N2CCOCc3c(C#CC4(C(F)(F)F)CC4)cccc32)c2cc(Cl)c(NCCO)cc21. The molecule has 1 aliphatic heterocycles. The molecule has 11 heteroatoms. The number of ether oxygens (including phenoxy) is 1. The zero-order valence-corrected chi connectivity index (χ0v) is 20.7. The van der Waals surface area contributed by atoms with Crippen molar-refractivity contribution in [2.45, 2.75) is 25.6 Å². The van der Waals surface area contributed by atoms with Gasteiger partial charge in [-0.1, -0.05) is 29.5 Å². The van der Waals surface area contributed by atoms with Crippen LogP contribution in [0.3, 0.4) is 0 Å². The van der Waals surface area contributed by atoms with Crippen LogP contribution in [0.1, 0.15) is 24.0 Å². The first-order chi connectivity index (χ1) is 17.6. The molecule has 1 saturated carbocycles. The predicted octanol–water partition coefficient (Wildman–Crippen LogP) is 4.35. The first kappa shape index (κ1) is 25.4. The van der Waals surface area contributed by atoms with Gasteiger partial charge in [0.15, 0.2) is 0 Å². The molecule has 0 spiro atoms. The summed E-state index contributed by atoms with van der Waals surface area (Å²) in [5, 5.41) is 13.2. The van der Waals surface area contributed by atoms with Gasteiger partial charge in [-0.05, 0) is 37.1 Å². The maximum atomic E-state index is 13.4. The van der Waals surface area contributed by atoms with Crippen LogP contribution in [0, 0.1) is 17.3 Å². The van der Waals surface area contributed by atoms with Crippen LogP contribution in [0.15, 0.2) is 35.1 Å². The largest absolute Gasteiger partial charge is 0.405 e. The third-order valence-electron chi connectivity index (χ3n) is 6.74. The maximum Gasteiger partial charge on any atom is 0.405 e. The summed E-state index contributed by atoms with van der Waals surface area (Å²) in [5.41, 5.74) is 0.441. The smallest absolute Gasteiger partial charge is 0.395 e. The minimum atomic E-state index is -4.37. The van der Waals surface area contributed by atoms with Crippen LogP contribution < -0.4 is 15.9 Å². The van der Waals surface area contributed by atoms with Crippen LogP contribution in [-0.2, 0) is 18.4 Å². The molecule has 0 atom stereocenters. The van der Waals surface area contributed by atoms with Gasteiger partial charge in [0.05, 0.1) is 36.0 Å². The molecular weight excluding hydrogens is 509 g/mol. The van der Waals surface area contributed by atoms with Crippen LogP contribution in [0.4, 0.5) is 30.4 Å². The molecule has 1 fully saturated rings. The van der Waals surface area contributed by atoms with E-state index in [1.165, 1.54) is 4.57 Å². The minimum absolute atomic E-state index is 0.000275. The Morgan fingerprint density at radius 3 is 2.78 bits per heavy atom. The number of benzene rings is 2. The fourth-order valence-electron chi connectivity index (χ4n) is 4.44. The molecule has 2 aliphatic rings. The quantitative estimate of drug-likeness (QED) is 0.486. The molecule has 194 valence electrons. The zero-order valence-electron chi connectivity index (χ0n) is 20.0. The zero-order chi connectivity index (χ0) is 26.4. The average Bonchev–Trinajstić information content (AvgIpc) is 3.68. The third-order valence-corrected chi connectivity index (χ3v) is 7.05. The molecule has 3 aromatic rings. The van der Waals surface area contributed by atoms with Crippen molar-refractivity contribution >= 4 is 39.7 Å². The molecule has 1 aliphatic carbocycles. The second-order valence-corrected chi connectivity index (χ2v) is 9.52. The van der Waals surface area contributed by atoms with Gasteiger partial charge in [0.25, 0.3) is 0 Å². The Hall–Kier alpha value is -3.26. The lowest BCUT2D eigenvalue weighted by Crippen LogP contribution is -2.28. The Kier molecular flexibility index (Phi) is 6.56. The lowest BCUT2D eigenvalue weighted by molar-refractivity contribution is -0.168. The average molecular weight is 533 g/mol. The van der Waals surface area contributed by atoms with Gasteiger partial charge < -0.3 is 20.1 Å². The summed E-state index contributed by atoms with van der Waals surface area (Å²) in [5.74, 6) is 5.59. The monoisotopic (exact) mass is 532 g/mol. The van der Waals surface area contributed by atoms with E-state index < -0.39 is 17.3 Å². The first-order valence-corrected chi connectivity index (χ1v) is 12.1. The Morgan fingerprint density at radius 1 is 1.30 bits per heavy atom. The van der Waals surface area contributed by atoms with E-state index in [-0.39, 0.29) is 32.6 Å². The number of aryl methyl sites for hydroxylation is 1. The first-order valence-electron chi connectivity index (χ1n) is 11.8. The van der Waals surface area contributed by atoms with Gasteiger partial charge in [0, 0.05) is 42.3 Å². The molecule has 1 aromatic heterocycles. The number of aliphatic hydroxyl groups excluding tert-OH is 1. The number of halogens is 4. The highest BCUT2D eigenvalue weighted by molar-refractivity contribution is 6.34. The number of fused-ring (bicyclic) bond motifs is 2. The maximum absolute atomic E-state index is 13.4. The van der Waals surface area contributed by atoms with Crippen LogP contribution in [0.25, 0.3) is 10.9 Å². The number of alkyl halides is 3. The Bertz CT molecular complexity index is 1490. The van der Waals surface area contributed by atoms with Crippen molar-refractivity contribution < 1.29 is 23.0 Å². The van der Waals surface area contributed by atoms with Crippen molar-refractivity contribution in [2.75, 3.05) is 36.5 Å². The number of rotatable bonds is 4. The molecule has 0 unspecified atom stereocenters. The Labute approximate surface area is 215 Å². The lowest BCUT2D eigenvalue weighted by atomic mass is 10.0. The lowest BCUT2D eigenvalue weighted by Gasteiger charge is -2.25. The van der Waals surface area contributed by atoms with Gasteiger partial charge in [-0.15, -0.1) is 0 Å². The molecule has 5 rings (SSSR count). The molecule has 0 bridgehead atoms. The molecule has 2 aromatic carbocycles. The molecule has 7 nitrogen and oxygen atoms in total. The van der Waals surface area contributed by atoms with Crippen LogP contribution in [0.2, 0.25) is 5.02 Å². The van der Waals surface area contributed by atoms with Crippen molar-refractivity contribution in [1.29, 1.82) is 0 Å². The van der Waals surface area contributed by atoms with E-state index in [0.717, 1.165) is 0 Å². The number of nitrogens with zero attached hydrogens (tertiary/aromatic N) is 3. The van der Waals surface area contributed by atoms with E-state index in [1.807, 2.05) is 11.0 Å². The summed E-state index contributed by atoms with van der Waals surface area (Å²) in [6.07, 6.45) is -4.37. The van der Waals surface area contributed by atoms with Crippen molar-refractivity contribution in [3.8, 4) is 11.8 Å². The summed E-state index contributed by atoms with van der Waals surface area (Å²) >= 11 is 6.51. The van der Waals surface area contributed by atoms with Gasteiger partial charge in [-0.25, -0.2) is 4.79 Å². The molecule has 2 N–H and O–H groups in total. The number of aromatic nitrogens is 2. The highest BCUT2D eigenvalue weighted by atomic mass is 35.5. The summed E-state index contributed by atoms with van der Waals surface area (Å²) in [4.78, 5) is 19.0. The van der Waals surface area contributed by atoms with Gasteiger partial charge in [0.2, 0.25) is 0 Å². The fourth-order valence-corrected chi connectivity index (χ4v) is 4.67. The van der Waals surface area contributed by atoms with Crippen molar-refractivity contribution in [3.63, 3.8) is 0 Å². The fraction of sp³-hybridized carbons (Fsp3) is 0.385. The molecule has 0 amide bonds. The summed E-state index contributed by atoms with van der Waals surface area (Å²) < 4.78 is 47.5. The molecule has 0 radical (unpaired) electrons. The van der Waals surface area contributed by atoms with Gasteiger partial charge in [-0.2, -0.15) is 18.2 Å².